The maximum atomic E-state index is 13.1. The van der Waals surface area contributed by atoms with Gasteiger partial charge in [-0.3, -0.25) is 18.9 Å². The Hall–Kier alpha value is 1.36. The molecule has 2 saturated heterocycles. The molecule has 21 nitrogen and oxygen atoms in total. The van der Waals surface area contributed by atoms with Crippen LogP contribution in [-0.4, -0.2) is 116 Å². The van der Waals surface area contributed by atoms with Gasteiger partial charge in [0.15, 0.2) is 11.2 Å². The van der Waals surface area contributed by atoms with Gasteiger partial charge in [-0.1, -0.05) is 6.10 Å². The third-order valence-corrected chi connectivity index (χ3v) is 8.18. The Morgan fingerprint density at radius 2 is 1.71 bits per heavy atom. The molecular formula is C16H23K2N5O16P2. The number of aromatic nitrogens is 4. The van der Waals surface area contributed by atoms with E-state index >= 15 is 0 Å². The fourth-order valence-corrected chi connectivity index (χ4v) is 6.08. The summed E-state index contributed by atoms with van der Waals surface area (Å²) >= 11 is 0. The van der Waals surface area contributed by atoms with Crippen molar-refractivity contribution in [3.8, 4) is 0 Å². The summed E-state index contributed by atoms with van der Waals surface area (Å²) in [6.45, 7) is -0.980. The topological polar surface area (TPSA) is 348 Å². The summed E-state index contributed by atoms with van der Waals surface area (Å²) in [5.41, 5.74) is 4.12. The SMILES string of the molecule is Nc1nc2c(ncn2[C@@H]2O[C@H](C(OP(=O)(O)OP(=O)(O)O)[C@H]3O[C@H](CO)[C@@H](O)[C@H](O)[C@@H]3O)[C@@H]([O-])[C@H]2[O-])c(=O)[nH]1.[K+].[K+]. The van der Waals surface area contributed by atoms with Crippen LogP contribution >= 0.6 is 15.6 Å². The molecule has 2 aromatic heterocycles. The van der Waals surface area contributed by atoms with Crippen molar-refractivity contribution in [2.45, 2.75) is 61.2 Å². The first-order chi connectivity index (χ1) is 18.0. The molecule has 2 aromatic rings. The van der Waals surface area contributed by atoms with Crippen LogP contribution < -0.4 is 124 Å². The average molecular weight is 682 g/mol. The van der Waals surface area contributed by atoms with E-state index in [0.717, 1.165) is 10.9 Å². The minimum absolute atomic E-state index is 0. The van der Waals surface area contributed by atoms with E-state index in [9.17, 15) is 49.5 Å². The maximum Gasteiger partial charge on any atom is 1.00 e. The zero-order valence-corrected chi connectivity index (χ0v) is 29.2. The van der Waals surface area contributed by atoms with E-state index in [1.54, 1.807) is 0 Å². The van der Waals surface area contributed by atoms with Crippen molar-refractivity contribution in [1.82, 2.24) is 19.5 Å². The molecule has 0 spiro atoms. The molecule has 4 rings (SSSR count). The van der Waals surface area contributed by atoms with Gasteiger partial charge in [-0.05, 0) is 0 Å². The van der Waals surface area contributed by atoms with Gasteiger partial charge in [-0.2, -0.15) is 9.29 Å². The van der Waals surface area contributed by atoms with E-state index < -0.39 is 89.0 Å². The summed E-state index contributed by atoms with van der Waals surface area (Å²) in [7, 11) is -11.5. The number of ether oxygens (including phenoxy) is 2. The van der Waals surface area contributed by atoms with Gasteiger partial charge in [0.25, 0.3) is 5.56 Å². The van der Waals surface area contributed by atoms with Crippen LogP contribution in [0.1, 0.15) is 6.23 Å². The van der Waals surface area contributed by atoms with Crippen molar-refractivity contribution >= 4 is 32.8 Å². The molecule has 220 valence electrons. The molecule has 2 unspecified atom stereocenters. The van der Waals surface area contributed by atoms with E-state index in [1.807, 2.05) is 0 Å². The van der Waals surface area contributed by atoms with Crippen LogP contribution in [0.5, 0.6) is 0 Å². The van der Waals surface area contributed by atoms with Crippen LogP contribution in [-0.2, 0) is 27.4 Å². The van der Waals surface area contributed by atoms with Gasteiger partial charge in [0.1, 0.15) is 42.9 Å². The van der Waals surface area contributed by atoms with E-state index in [0.29, 0.717) is 0 Å². The molecule has 0 bridgehead atoms. The Labute approximate surface area is 313 Å². The Balaban J connectivity index is 0.00000294. The molecule has 10 N–H and O–H groups in total. The van der Waals surface area contributed by atoms with Gasteiger partial charge >= 0.3 is 118 Å². The number of hydrogen-bond donors (Lipinski definition) is 9. The fraction of sp³-hybridized carbons (Fsp3) is 0.688. The number of imidazole rings is 1. The quantitative estimate of drug-likeness (QED) is 0.0922. The second-order valence-corrected chi connectivity index (χ2v) is 11.4. The molecule has 4 heterocycles. The summed E-state index contributed by atoms with van der Waals surface area (Å²) in [6, 6.07) is 0. The van der Waals surface area contributed by atoms with Crippen LogP contribution in [0.3, 0.4) is 0 Å². The number of rotatable bonds is 8. The normalized spacial score (nSPS) is 34.4. The molecule has 2 fully saturated rings. The number of nitrogens with one attached hydrogen (secondary N) is 1. The number of fused-ring (bicyclic) bond motifs is 1. The molecule has 2 aliphatic heterocycles. The van der Waals surface area contributed by atoms with E-state index in [4.69, 9.17) is 29.5 Å². The van der Waals surface area contributed by atoms with Crippen molar-refractivity contribution in [2.24, 2.45) is 0 Å². The summed E-state index contributed by atoms with van der Waals surface area (Å²) in [4.78, 5) is 49.7. The Bertz CT molecular complexity index is 1360. The van der Waals surface area contributed by atoms with Crippen molar-refractivity contribution in [2.75, 3.05) is 12.3 Å². The van der Waals surface area contributed by atoms with Crippen molar-refractivity contribution in [3.63, 3.8) is 0 Å². The number of nitrogens with two attached hydrogens (primary N) is 1. The number of anilines is 1. The predicted molar refractivity (Wildman–Crippen MR) is 116 cm³/mol. The first-order valence-electron chi connectivity index (χ1n) is 10.8. The third kappa shape index (κ3) is 8.40. The monoisotopic (exact) mass is 681 g/mol. The molecular weight excluding hydrogens is 658 g/mol. The zero-order chi connectivity index (χ0) is 29.0. The summed E-state index contributed by atoms with van der Waals surface area (Å²) < 4.78 is 43.7. The number of phosphoric ester groups is 1. The standard InChI is InChI=1S/C16H23N5O16P2.2K/c17-16-19-13-4(14(28)20-16)18-2-21(13)15-9(27)8(26)11(35-15)12(36-39(32,33)37-38(29,30)31)10-7(25)6(24)5(23)3(1-22)34-10;;/h2-3,5-12,15,22-25H,1H2,(H,32,33)(H2,29,30,31)(H3,17,19,20,28);;/q-2;2*+1/t3-,5-,6+,7+,8+,9-,10+,11+,12?,15-;;/m1../s1. The van der Waals surface area contributed by atoms with Crippen LogP contribution in [0.4, 0.5) is 5.95 Å². The van der Waals surface area contributed by atoms with Gasteiger partial charge in [0, 0.05) is 0 Å². The van der Waals surface area contributed by atoms with Crippen LogP contribution in [0.15, 0.2) is 11.1 Å². The number of aliphatic hydroxyl groups is 4. The van der Waals surface area contributed by atoms with Gasteiger partial charge in [0.05, 0.1) is 19.0 Å². The summed E-state index contributed by atoms with van der Waals surface area (Å²) in [5.74, 6) is -0.386. The van der Waals surface area contributed by atoms with Gasteiger partial charge in [-0.25, -0.2) is 14.1 Å². The molecule has 0 aromatic carbocycles. The second kappa shape index (κ2) is 14.9. The van der Waals surface area contributed by atoms with Crippen molar-refractivity contribution in [3.05, 3.63) is 16.7 Å². The van der Waals surface area contributed by atoms with Crippen molar-refractivity contribution < 1.29 is 176 Å². The maximum absolute atomic E-state index is 13.1. The second-order valence-electron chi connectivity index (χ2n) is 8.60. The minimum atomic E-state index is -5.83. The van der Waals surface area contributed by atoms with Gasteiger partial charge < -0.3 is 60.5 Å². The van der Waals surface area contributed by atoms with E-state index in [1.165, 1.54) is 0 Å². The fourth-order valence-electron chi connectivity index (χ4n) is 4.30. The molecule has 25 heteroatoms. The first kappa shape index (κ1) is 38.5. The first-order valence-corrected chi connectivity index (χ1v) is 13.8. The van der Waals surface area contributed by atoms with Crippen LogP contribution in [0.25, 0.3) is 11.2 Å². The Kier molecular flexibility index (Phi) is 14.0. The smallest absolute Gasteiger partial charge is 0.851 e. The molecule has 0 saturated carbocycles. The van der Waals surface area contributed by atoms with Gasteiger partial charge in [0.2, 0.25) is 5.95 Å². The van der Waals surface area contributed by atoms with Gasteiger partial charge in [-0.15, -0.1) is 6.10 Å². The molecule has 0 radical (unpaired) electrons. The molecule has 41 heavy (non-hydrogen) atoms. The Morgan fingerprint density at radius 1 is 1.07 bits per heavy atom. The molecule has 11 atom stereocenters. The summed E-state index contributed by atoms with van der Waals surface area (Å²) in [6.07, 6.45) is -20.3. The number of aliphatic hydroxyl groups excluding tert-OH is 4. The minimum Gasteiger partial charge on any atom is -0.851 e. The number of H-pyrrole nitrogens is 1. The third-order valence-electron chi connectivity index (χ3n) is 5.99. The summed E-state index contributed by atoms with van der Waals surface area (Å²) in [5, 5.41) is 66.3. The molecule has 0 amide bonds. The zero-order valence-electron chi connectivity index (χ0n) is 21.2. The van der Waals surface area contributed by atoms with Crippen LogP contribution in [0.2, 0.25) is 0 Å². The molecule has 2 aliphatic rings. The van der Waals surface area contributed by atoms with E-state index in [-0.39, 0.29) is 120 Å². The predicted octanol–water partition coefficient (Wildman–Crippen LogP) is -12.5. The van der Waals surface area contributed by atoms with Crippen LogP contribution in [0, 0.1) is 0 Å². The van der Waals surface area contributed by atoms with E-state index in [2.05, 4.69) is 19.3 Å². The van der Waals surface area contributed by atoms with Crippen molar-refractivity contribution in [1.29, 1.82) is 0 Å². The largest absolute Gasteiger partial charge is 1.00 e. The average Bonchev–Trinajstić information content (AvgIpc) is 3.36. The number of nitrogen functional groups attached to an aromatic ring is 1. The number of aromatic amines is 1. The number of hydrogen-bond acceptors (Lipinski definition) is 16. The Morgan fingerprint density at radius 3 is 2.29 bits per heavy atom. The number of nitrogens with zero attached hydrogens (tertiary/aromatic N) is 3. The number of phosphoric acid groups is 2. The molecule has 0 aliphatic carbocycles.